The monoisotopic (exact) mass is 201 g/mol. The Morgan fingerprint density at radius 3 is 2.93 bits per heavy atom. The number of benzene rings is 1. The summed E-state index contributed by atoms with van der Waals surface area (Å²) in [6.07, 6.45) is 3.73. The first-order valence-corrected chi connectivity index (χ1v) is 5.00. The smallest absolute Gasteiger partial charge is 0.0359 e. The maximum atomic E-state index is 4.12. The Morgan fingerprint density at radius 1 is 1.27 bits per heavy atom. The van der Waals surface area contributed by atoms with Gasteiger partial charge < -0.3 is 0 Å². The predicted octanol–water partition coefficient (Wildman–Crippen LogP) is 1.80. The largest absolute Gasteiger partial charge is 0.264 e. The Hall–Kier alpha value is -1.45. The molecule has 1 heterocycles. The first-order chi connectivity index (χ1) is 7.27. The fraction of sp³-hybridized carbons (Fsp3) is 0.250. The number of nitrogens with zero attached hydrogens (tertiary/aromatic N) is 2. The molecule has 0 unspecified atom stereocenters. The normalized spacial score (nSPS) is 11.1. The number of pyridine rings is 1. The van der Waals surface area contributed by atoms with Crippen molar-refractivity contribution in [1.29, 1.82) is 0 Å². The summed E-state index contributed by atoms with van der Waals surface area (Å²) in [5.74, 6) is 0. The average molecular weight is 201 g/mol. The van der Waals surface area contributed by atoms with Crippen molar-refractivity contribution in [2.75, 3.05) is 14.1 Å². The van der Waals surface area contributed by atoms with Crippen LogP contribution in [0.25, 0.3) is 10.8 Å². The molecular formula is C12H15N3. The second-order valence-corrected chi connectivity index (χ2v) is 3.74. The lowest BCUT2D eigenvalue weighted by Crippen LogP contribution is -2.29. The van der Waals surface area contributed by atoms with E-state index in [0.717, 1.165) is 6.54 Å². The second kappa shape index (κ2) is 4.38. The SMILES string of the molecule is CN(C)NCc1cccc2cnccc12. The molecule has 0 saturated heterocycles. The van der Waals surface area contributed by atoms with Crippen LogP contribution < -0.4 is 5.43 Å². The summed E-state index contributed by atoms with van der Waals surface area (Å²) in [5.41, 5.74) is 4.56. The van der Waals surface area contributed by atoms with Gasteiger partial charge in [0, 0.05) is 38.4 Å². The molecule has 1 aromatic heterocycles. The Morgan fingerprint density at radius 2 is 2.13 bits per heavy atom. The van der Waals surface area contributed by atoms with Crippen molar-refractivity contribution < 1.29 is 0 Å². The van der Waals surface area contributed by atoms with Gasteiger partial charge in [-0.1, -0.05) is 18.2 Å². The van der Waals surface area contributed by atoms with Crippen LogP contribution in [0, 0.1) is 0 Å². The minimum Gasteiger partial charge on any atom is -0.264 e. The van der Waals surface area contributed by atoms with Crippen molar-refractivity contribution in [2.45, 2.75) is 6.54 Å². The van der Waals surface area contributed by atoms with Crippen molar-refractivity contribution >= 4 is 10.8 Å². The number of fused-ring (bicyclic) bond motifs is 1. The van der Waals surface area contributed by atoms with Crippen molar-refractivity contribution in [3.8, 4) is 0 Å². The lowest BCUT2D eigenvalue weighted by atomic mass is 10.1. The molecule has 0 amide bonds. The van der Waals surface area contributed by atoms with E-state index in [0.29, 0.717) is 0 Å². The minimum atomic E-state index is 0.842. The molecule has 78 valence electrons. The Balaban J connectivity index is 2.34. The zero-order valence-electron chi connectivity index (χ0n) is 9.07. The van der Waals surface area contributed by atoms with E-state index in [4.69, 9.17) is 0 Å². The molecule has 0 atom stereocenters. The molecular weight excluding hydrogens is 186 g/mol. The lowest BCUT2D eigenvalue weighted by Gasteiger charge is -2.13. The van der Waals surface area contributed by atoms with Crippen LogP contribution in [0.5, 0.6) is 0 Å². The van der Waals surface area contributed by atoms with Gasteiger partial charge in [0.1, 0.15) is 0 Å². The zero-order chi connectivity index (χ0) is 10.7. The molecule has 0 aliphatic heterocycles. The highest BCUT2D eigenvalue weighted by molar-refractivity contribution is 5.84. The van der Waals surface area contributed by atoms with E-state index in [1.807, 2.05) is 31.5 Å². The molecule has 15 heavy (non-hydrogen) atoms. The Bertz CT molecular complexity index is 446. The summed E-state index contributed by atoms with van der Waals surface area (Å²) in [6.45, 7) is 0.842. The highest BCUT2D eigenvalue weighted by Crippen LogP contribution is 2.16. The van der Waals surface area contributed by atoms with Gasteiger partial charge in [-0.2, -0.15) is 0 Å². The van der Waals surface area contributed by atoms with Gasteiger partial charge in [-0.25, -0.2) is 0 Å². The van der Waals surface area contributed by atoms with E-state index < -0.39 is 0 Å². The molecule has 1 N–H and O–H groups in total. The van der Waals surface area contributed by atoms with E-state index in [9.17, 15) is 0 Å². The van der Waals surface area contributed by atoms with E-state index in [-0.39, 0.29) is 0 Å². The molecule has 2 rings (SSSR count). The topological polar surface area (TPSA) is 28.2 Å². The number of nitrogens with one attached hydrogen (secondary N) is 1. The van der Waals surface area contributed by atoms with Crippen molar-refractivity contribution in [2.24, 2.45) is 0 Å². The van der Waals surface area contributed by atoms with Crippen molar-refractivity contribution in [1.82, 2.24) is 15.4 Å². The number of rotatable bonds is 3. The van der Waals surface area contributed by atoms with Gasteiger partial charge >= 0.3 is 0 Å². The highest BCUT2D eigenvalue weighted by atomic mass is 15.5. The van der Waals surface area contributed by atoms with Crippen LogP contribution in [0.4, 0.5) is 0 Å². The molecule has 3 nitrogen and oxygen atoms in total. The van der Waals surface area contributed by atoms with Crippen LogP contribution in [-0.4, -0.2) is 24.1 Å². The van der Waals surface area contributed by atoms with E-state index >= 15 is 0 Å². The van der Waals surface area contributed by atoms with Crippen LogP contribution in [0.15, 0.2) is 36.7 Å². The van der Waals surface area contributed by atoms with E-state index in [1.54, 1.807) is 0 Å². The standard InChI is InChI=1S/C12H15N3/c1-15(2)14-9-11-5-3-4-10-8-13-7-6-12(10)11/h3-8,14H,9H2,1-2H3. The fourth-order valence-corrected chi connectivity index (χ4v) is 1.59. The molecule has 0 saturated carbocycles. The molecule has 0 bridgehead atoms. The summed E-state index contributed by atoms with van der Waals surface area (Å²) >= 11 is 0. The van der Waals surface area contributed by atoms with Gasteiger partial charge in [-0.3, -0.25) is 15.4 Å². The summed E-state index contributed by atoms with van der Waals surface area (Å²) < 4.78 is 0. The number of hydrogen-bond donors (Lipinski definition) is 1. The highest BCUT2D eigenvalue weighted by Gasteiger charge is 1.99. The third kappa shape index (κ3) is 2.32. The number of hydrazine groups is 1. The quantitative estimate of drug-likeness (QED) is 0.767. The minimum absolute atomic E-state index is 0.842. The van der Waals surface area contributed by atoms with Gasteiger partial charge in [0.25, 0.3) is 0 Å². The first-order valence-electron chi connectivity index (χ1n) is 5.00. The van der Waals surface area contributed by atoms with Gasteiger partial charge in [0.05, 0.1) is 0 Å². The summed E-state index contributed by atoms with van der Waals surface area (Å²) in [5, 5.41) is 4.41. The molecule has 2 aromatic rings. The first kappa shape index (κ1) is 10.1. The molecule has 0 spiro atoms. The summed E-state index contributed by atoms with van der Waals surface area (Å²) in [4.78, 5) is 4.12. The molecule has 0 radical (unpaired) electrons. The molecule has 0 aliphatic carbocycles. The van der Waals surface area contributed by atoms with E-state index in [1.165, 1.54) is 16.3 Å². The molecule has 0 fully saturated rings. The van der Waals surface area contributed by atoms with Crippen LogP contribution in [0.3, 0.4) is 0 Å². The van der Waals surface area contributed by atoms with Crippen LogP contribution >= 0.6 is 0 Å². The molecule has 0 aliphatic rings. The average Bonchev–Trinajstić information content (AvgIpc) is 2.26. The van der Waals surface area contributed by atoms with E-state index in [2.05, 4.69) is 34.7 Å². The zero-order valence-corrected chi connectivity index (χ0v) is 9.07. The molecule has 1 aromatic carbocycles. The van der Waals surface area contributed by atoms with Gasteiger partial charge in [-0.05, 0) is 17.0 Å². The van der Waals surface area contributed by atoms with Crippen LogP contribution in [0.1, 0.15) is 5.56 Å². The van der Waals surface area contributed by atoms with Crippen molar-refractivity contribution in [3.05, 3.63) is 42.2 Å². The number of aromatic nitrogens is 1. The second-order valence-electron chi connectivity index (χ2n) is 3.74. The van der Waals surface area contributed by atoms with Gasteiger partial charge in [0.2, 0.25) is 0 Å². The predicted molar refractivity (Wildman–Crippen MR) is 62.3 cm³/mol. The summed E-state index contributed by atoms with van der Waals surface area (Å²) in [7, 11) is 3.99. The maximum Gasteiger partial charge on any atom is 0.0359 e. The van der Waals surface area contributed by atoms with Gasteiger partial charge in [0.15, 0.2) is 0 Å². The van der Waals surface area contributed by atoms with Crippen molar-refractivity contribution in [3.63, 3.8) is 0 Å². The van der Waals surface area contributed by atoms with Gasteiger partial charge in [-0.15, -0.1) is 0 Å². The lowest BCUT2D eigenvalue weighted by molar-refractivity contribution is 0.286. The summed E-state index contributed by atoms with van der Waals surface area (Å²) in [6, 6.07) is 8.35. The Kier molecular flexibility index (Phi) is 2.94. The Labute approximate surface area is 89.7 Å². The molecule has 3 heteroatoms. The fourth-order valence-electron chi connectivity index (χ4n) is 1.59. The van der Waals surface area contributed by atoms with Crippen LogP contribution in [0.2, 0.25) is 0 Å². The van der Waals surface area contributed by atoms with Crippen LogP contribution in [-0.2, 0) is 6.54 Å². The third-order valence-electron chi connectivity index (χ3n) is 2.36. The number of hydrogen-bond acceptors (Lipinski definition) is 3. The third-order valence-corrected chi connectivity index (χ3v) is 2.36. The maximum absolute atomic E-state index is 4.12.